The summed E-state index contributed by atoms with van der Waals surface area (Å²) in [5.74, 6) is -0.0544. The maximum Gasteiger partial charge on any atom is 0.251 e. The Labute approximate surface area is 135 Å². The van der Waals surface area contributed by atoms with Crippen molar-refractivity contribution in [3.63, 3.8) is 0 Å². The molecule has 2 aromatic rings. The van der Waals surface area contributed by atoms with Gasteiger partial charge in [0.05, 0.1) is 0 Å². The number of hydrogen-bond acceptors (Lipinski definition) is 1. The molecule has 0 radical (unpaired) electrons. The Kier molecular flexibility index (Phi) is 5.27. The quantitative estimate of drug-likeness (QED) is 0.877. The molecule has 0 heterocycles. The van der Waals surface area contributed by atoms with E-state index in [-0.39, 0.29) is 5.91 Å². The summed E-state index contributed by atoms with van der Waals surface area (Å²) in [6, 6.07) is 11.1. The summed E-state index contributed by atoms with van der Waals surface area (Å²) in [6.07, 6.45) is 0.673. The van der Waals surface area contributed by atoms with Gasteiger partial charge in [-0.05, 0) is 55.2 Å². The van der Waals surface area contributed by atoms with Crippen molar-refractivity contribution in [2.45, 2.75) is 20.3 Å². The Morgan fingerprint density at radius 1 is 1.14 bits per heavy atom. The maximum atomic E-state index is 12.2. The van der Waals surface area contributed by atoms with E-state index in [0.717, 1.165) is 22.3 Å². The third-order valence-corrected chi connectivity index (χ3v) is 4.13. The molecule has 1 N–H and O–H groups in total. The van der Waals surface area contributed by atoms with Gasteiger partial charge in [0, 0.05) is 22.2 Å². The first-order chi connectivity index (χ1) is 9.99. The fourth-order valence-electron chi connectivity index (χ4n) is 2.13. The van der Waals surface area contributed by atoms with Crippen molar-refractivity contribution in [3.8, 4) is 0 Å². The van der Waals surface area contributed by atoms with Gasteiger partial charge >= 0.3 is 0 Å². The van der Waals surface area contributed by atoms with Crippen molar-refractivity contribution < 1.29 is 4.79 Å². The maximum absolute atomic E-state index is 12.2. The molecule has 0 atom stereocenters. The first kappa shape index (κ1) is 15.9. The van der Waals surface area contributed by atoms with Gasteiger partial charge in [0.2, 0.25) is 0 Å². The molecule has 0 aromatic heterocycles. The molecule has 0 saturated carbocycles. The Morgan fingerprint density at radius 2 is 1.90 bits per heavy atom. The van der Waals surface area contributed by atoms with Crippen LogP contribution >= 0.6 is 23.2 Å². The molecule has 21 heavy (non-hydrogen) atoms. The smallest absolute Gasteiger partial charge is 0.251 e. The van der Waals surface area contributed by atoms with Crippen molar-refractivity contribution in [1.82, 2.24) is 5.32 Å². The van der Waals surface area contributed by atoms with Crippen molar-refractivity contribution in [2.24, 2.45) is 0 Å². The average Bonchev–Trinajstić information content (AvgIpc) is 2.44. The molecule has 0 bridgehead atoms. The van der Waals surface area contributed by atoms with Gasteiger partial charge in [0.1, 0.15) is 0 Å². The lowest BCUT2D eigenvalue weighted by molar-refractivity contribution is 0.0953. The van der Waals surface area contributed by atoms with Crippen LogP contribution in [0.3, 0.4) is 0 Å². The fourth-order valence-corrected chi connectivity index (χ4v) is 2.63. The largest absolute Gasteiger partial charge is 0.352 e. The van der Waals surface area contributed by atoms with E-state index >= 15 is 0 Å². The number of carbonyl (C=O) groups excluding carboxylic acids is 1. The highest BCUT2D eigenvalue weighted by molar-refractivity contribution is 6.35. The van der Waals surface area contributed by atoms with Crippen LogP contribution in [-0.4, -0.2) is 12.5 Å². The highest BCUT2D eigenvalue weighted by Crippen LogP contribution is 2.21. The molecule has 0 aliphatic rings. The number of amides is 1. The normalized spacial score (nSPS) is 10.5. The number of benzene rings is 2. The van der Waals surface area contributed by atoms with Gasteiger partial charge < -0.3 is 5.32 Å². The summed E-state index contributed by atoms with van der Waals surface area (Å²) < 4.78 is 0. The zero-order chi connectivity index (χ0) is 15.4. The Bertz CT molecular complexity index is 668. The molecule has 110 valence electrons. The molecular weight excluding hydrogens is 305 g/mol. The van der Waals surface area contributed by atoms with Crippen molar-refractivity contribution in [3.05, 3.63) is 68.7 Å². The standard InChI is InChI=1S/C17H17Cl2NO/c1-11-4-3-5-15(12(11)2)17(21)20-9-8-13-6-7-14(18)10-16(13)19/h3-7,10H,8-9H2,1-2H3,(H,20,21). The van der Waals surface area contributed by atoms with Crippen LogP contribution in [0.1, 0.15) is 27.0 Å². The Balaban J connectivity index is 1.97. The topological polar surface area (TPSA) is 29.1 Å². The lowest BCUT2D eigenvalue weighted by Gasteiger charge is -2.10. The van der Waals surface area contributed by atoms with E-state index in [2.05, 4.69) is 5.32 Å². The summed E-state index contributed by atoms with van der Waals surface area (Å²) in [5.41, 5.74) is 3.82. The molecule has 0 aliphatic heterocycles. The van der Waals surface area contributed by atoms with Gasteiger partial charge in [-0.1, -0.05) is 41.4 Å². The number of nitrogens with one attached hydrogen (secondary N) is 1. The molecule has 2 aromatic carbocycles. The highest BCUT2D eigenvalue weighted by Gasteiger charge is 2.09. The minimum Gasteiger partial charge on any atom is -0.352 e. The molecule has 0 aliphatic carbocycles. The van der Waals surface area contributed by atoms with Crippen LogP contribution in [0.25, 0.3) is 0 Å². The molecule has 1 amide bonds. The second kappa shape index (κ2) is 6.97. The van der Waals surface area contributed by atoms with E-state index in [1.165, 1.54) is 0 Å². The fraction of sp³-hybridized carbons (Fsp3) is 0.235. The van der Waals surface area contributed by atoms with Crippen LogP contribution in [0, 0.1) is 13.8 Å². The van der Waals surface area contributed by atoms with Crippen LogP contribution in [-0.2, 0) is 6.42 Å². The van der Waals surface area contributed by atoms with Gasteiger partial charge in [0.25, 0.3) is 5.91 Å². The molecule has 4 heteroatoms. The molecule has 0 fully saturated rings. The number of rotatable bonds is 4. The number of aryl methyl sites for hydroxylation is 1. The van der Waals surface area contributed by atoms with Crippen LogP contribution in [0.4, 0.5) is 0 Å². The molecule has 2 nitrogen and oxygen atoms in total. The monoisotopic (exact) mass is 321 g/mol. The summed E-state index contributed by atoms with van der Waals surface area (Å²) >= 11 is 12.0. The van der Waals surface area contributed by atoms with Crippen LogP contribution in [0.2, 0.25) is 10.0 Å². The predicted octanol–water partition coefficient (Wildman–Crippen LogP) is 4.58. The molecule has 0 saturated heterocycles. The molecule has 2 rings (SSSR count). The third kappa shape index (κ3) is 3.99. The van der Waals surface area contributed by atoms with Crippen LogP contribution in [0.15, 0.2) is 36.4 Å². The van der Waals surface area contributed by atoms with Crippen LogP contribution in [0.5, 0.6) is 0 Å². The molecule has 0 spiro atoms. The van der Waals surface area contributed by atoms with E-state index < -0.39 is 0 Å². The first-order valence-corrected chi connectivity index (χ1v) is 7.53. The second-order valence-electron chi connectivity index (χ2n) is 4.99. The number of halogens is 2. The van der Waals surface area contributed by atoms with E-state index in [1.807, 2.05) is 38.1 Å². The highest BCUT2D eigenvalue weighted by atomic mass is 35.5. The van der Waals surface area contributed by atoms with Gasteiger partial charge in [-0.25, -0.2) is 0 Å². The predicted molar refractivity (Wildman–Crippen MR) is 88.4 cm³/mol. The minimum absolute atomic E-state index is 0.0544. The van der Waals surface area contributed by atoms with Gasteiger partial charge in [0.15, 0.2) is 0 Å². The van der Waals surface area contributed by atoms with Gasteiger partial charge in [-0.3, -0.25) is 4.79 Å². The van der Waals surface area contributed by atoms with Gasteiger partial charge in [-0.15, -0.1) is 0 Å². The average molecular weight is 322 g/mol. The van der Waals surface area contributed by atoms with E-state index in [0.29, 0.717) is 23.0 Å². The van der Waals surface area contributed by atoms with Crippen LogP contribution < -0.4 is 5.32 Å². The lowest BCUT2D eigenvalue weighted by Crippen LogP contribution is -2.26. The SMILES string of the molecule is Cc1cccc(C(=O)NCCc2ccc(Cl)cc2Cl)c1C. The van der Waals surface area contributed by atoms with E-state index in [9.17, 15) is 4.79 Å². The summed E-state index contributed by atoms with van der Waals surface area (Å²) in [5, 5.41) is 4.17. The van der Waals surface area contributed by atoms with Crippen molar-refractivity contribution in [2.75, 3.05) is 6.54 Å². The molecule has 0 unspecified atom stereocenters. The lowest BCUT2D eigenvalue weighted by atomic mass is 10.0. The number of carbonyl (C=O) groups is 1. The minimum atomic E-state index is -0.0544. The molecular formula is C17H17Cl2NO. The van der Waals surface area contributed by atoms with E-state index in [1.54, 1.807) is 12.1 Å². The number of hydrogen-bond donors (Lipinski definition) is 1. The second-order valence-corrected chi connectivity index (χ2v) is 5.83. The van der Waals surface area contributed by atoms with Gasteiger partial charge in [-0.2, -0.15) is 0 Å². The third-order valence-electron chi connectivity index (χ3n) is 3.54. The summed E-state index contributed by atoms with van der Waals surface area (Å²) in [7, 11) is 0. The van der Waals surface area contributed by atoms with Crippen molar-refractivity contribution in [1.29, 1.82) is 0 Å². The Morgan fingerprint density at radius 3 is 2.62 bits per heavy atom. The first-order valence-electron chi connectivity index (χ1n) is 6.77. The van der Waals surface area contributed by atoms with Crippen molar-refractivity contribution >= 4 is 29.1 Å². The zero-order valence-corrected chi connectivity index (χ0v) is 13.6. The van der Waals surface area contributed by atoms with E-state index in [4.69, 9.17) is 23.2 Å². The summed E-state index contributed by atoms with van der Waals surface area (Å²) in [4.78, 5) is 12.2. The summed E-state index contributed by atoms with van der Waals surface area (Å²) in [6.45, 7) is 4.49. The zero-order valence-electron chi connectivity index (χ0n) is 12.0. The Hall–Kier alpha value is -1.51.